The SMILES string of the molecule is CC(NC(=O)c1cc(F)cnc1Cl)c1ccc(F)cc1F. The second-order valence-corrected chi connectivity index (χ2v) is 4.71. The van der Waals surface area contributed by atoms with Crippen molar-refractivity contribution in [2.45, 2.75) is 13.0 Å². The van der Waals surface area contributed by atoms with Crippen molar-refractivity contribution in [1.82, 2.24) is 10.3 Å². The monoisotopic (exact) mass is 314 g/mol. The van der Waals surface area contributed by atoms with E-state index >= 15 is 0 Å². The van der Waals surface area contributed by atoms with E-state index in [0.717, 1.165) is 18.3 Å². The van der Waals surface area contributed by atoms with Crippen LogP contribution in [0.15, 0.2) is 30.5 Å². The maximum atomic E-state index is 13.6. The first-order valence-corrected chi connectivity index (χ1v) is 6.33. The number of aromatic nitrogens is 1. The minimum atomic E-state index is -0.786. The number of carbonyl (C=O) groups is 1. The number of hydrogen-bond acceptors (Lipinski definition) is 2. The molecular formula is C14H10ClF3N2O. The maximum absolute atomic E-state index is 13.6. The zero-order valence-corrected chi connectivity index (χ0v) is 11.6. The molecule has 0 aliphatic rings. The summed E-state index contributed by atoms with van der Waals surface area (Å²) in [5, 5.41) is 2.28. The lowest BCUT2D eigenvalue weighted by molar-refractivity contribution is 0.0938. The second kappa shape index (κ2) is 6.13. The van der Waals surface area contributed by atoms with Crippen molar-refractivity contribution < 1.29 is 18.0 Å². The van der Waals surface area contributed by atoms with Gasteiger partial charge in [-0.1, -0.05) is 17.7 Å². The van der Waals surface area contributed by atoms with E-state index in [1.807, 2.05) is 0 Å². The summed E-state index contributed by atoms with van der Waals surface area (Å²) in [5.41, 5.74) is -0.0590. The lowest BCUT2D eigenvalue weighted by Crippen LogP contribution is -2.27. The van der Waals surface area contributed by atoms with Crippen LogP contribution in [0.1, 0.15) is 28.9 Å². The molecule has 0 spiro atoms. The van der Waals surface area contributed by atoms with Gasteiger partial charge in [0.25, 0.3) is 5.91 Å². The van der Waals surface area contributed by atoms with Crippen LogP contribution in [0.4, 0.5) is 13.2 Å². The lowest BCUT2D eigenvalue weighted by Gasteiger charge is -2.15. The van der Waals surface area contributed by atoms with Gasteiger partial charge in [0, 0.05) is 11.6 Å². The van der Waals surface area contributed by atoms with Crippen molar-refractivity contribution in [3.63, 3.8) is 0 Å². The van der Waals surface area contributed by atoms with Gasteiger partial charge in [-0.15, -0.1) is 0 Å². The van der Waals surface area contributed by atoms with Crippen LogP contribution in [0.25, 0.3) is 0 Å². The van der Waals surface area contributed by atoms with E-state index in [1.54, 1.807) is 0 Å². The smallest absolute Gasteiger partial charge is 0.254 e. The number of carbonyl (C=O) groups excluding carboxylic acids is 1. The summed E-state index contributed by atoms with van der Waals surface area (Å²) in [7, 11) is 0. The van der Waals surface area contributed by atoms with Gasteiger partial charge in [-0.05, 0) is 19.1 Å². The Kier molecular flexibility index (Phi) is 4.47. The summed E-state index contributed by atoms with van der Waals surface area (Å²) in [6, 6.07) is 3.20. The molecule has 1 unspecified atom stereocenters. The van der Waals surface area contributed by atoms with Gasteiger partial charge in [0.2, 0.25) is 0 Å². The van der Waals surface area contributed by atoms with Crippen LogP contribution in [0.3, 0.4) is 0 Å². The minimum absolute atomic E-state index is 0.102. The topological polar surface area (TPSA) is 42.0 Å². The van der Waals surface area contributed by atoms with Crippen LogP contribution < -0.4 is 5.32 Å². The Morgan fingerprint density at radius 3 is 2.62 bits per heavy atom. The van der Waals surface area contributed by atoms with Gasteiger partial charge >= 0.3 is 0 Å². The molecule has 1 N–H and O–H groups in total. The van der Waals surface area contributed by atoms with Crippen molar-refractivity contribution in [1.29, 1.82) is 0 Å². The molecule has 0 radical (unpaired) electrons. The Labute approximate surface area is 123 Å². The Balaban J connectivity index is 2.20. The Morgan fingerprint density at radius 1 is 1.24 bits per heavy atom. The number of halogens is 4. The molecular weight excluding hydrogens is 305 g/mol. The lowest BCUT2D eigenvalue weighted by atomic mass is 10.1. The maximum Gasteiger partial charge on any atom is 0.254 e. The molecule has 110 valence electrons. The number of benzene rings is 1. The number of hydrogen-bond donors (Lipinski definition) is 1. The molecule has 0 fully saturated rings. The van der Waals surface area contributed by atoms with Gasteiger partial charge in [0.1, 0.15) is 22.6 Å². The van der Waals surface area contributed by atoms with Gasteiger partial charge in [-0.2, -0.15) is 0 Å². The number of nitrogens with zero attached hydrogens (tertiary/aromatic N) is 1. The molecule has 7 heteroatoms. The van der Waals surface area contributed by atoms with E-state index in [0.29, 0.717) is 6.07 Å². The van der Waals surface area contributed by atoms with Crippen LogP contribution >= 0.6 is 11.6 Å². The molecule has 0 aliphatic carbocycles. The van der Waals surface area contributed by atoms with Crippen molar-refractivity contribution in [3.8, 4) is 0 Å². The molecule has 3 nitrogen and oxygen atoms in total. The Hall–Kier alpha value is -2.08. The molecule has 2 rings (SSSR count). The third-order valence-electron chi connectivity index (χ3n) is 2.83. The highest BCUT2D eigenvalue weighted by atomic mass is 35.5. The number of rotatable bonds is 3. The molecule has 1 amide bonds. The molecule has 21 heavy (non-hydrogen) atoms. The summed E-state index contributed by atoms with van der Waals surface area (Å²) in [6.45, 7) is 1.51. The summed E-state index contributed by atoms with van der Waals surface area (Å²) < 4.78 is 39.5. The largest absolute Gasteiger partial charge is 0.345 e. The molecule has 1 aromatic heterocycles. The van der Waals surface area contributed by atoms with Gasteiger partial charge in [0.05, 0.1) is 17.8 Å². The zero-order valence-electron chi connectivity index (χ0n) is 10.8. The van der Waals surface area contributed by atoms with E-state index in [-0.39, 0.29) is 16.3 Å². The van der Waals surface area contributed by atoms with E-state index in [1.165, 1.54) is 13.0 Å². The third kappa shape index (κ3) is 3.52. The van der Waals surface area contributed by atoms with Gasteiger partial charge in [-0.25, -0.2) is 18.2 Å². The van der Waals surface area contributed by atoms with Gasteiger partial charge < -0.3 is 5.32 Å². The fourth-order valence-electron chi connectivity index (χ4n) is 1.79. The summed E-state index contributed by atoms with van der Waals surface area (Å²) >= 11 is 5.71. The fraction of sp³-hybridized carbons (Fsp3) is 0.143. The minimum Gasteiger partial charge on any atom is -0.345 e. The first-order chi connectivity index (χ1) is 9.88. The van der Waals surface area contributed by atoms with Crippen LogP contribution in [0.5, 0.6) is 0 Å². The van der Waals surface area contributed by atoms with Crippen LogP contribution in [-0.4, -0.2) is 10.9 Å². The highest BCUT2D eigenvalue weighted by Gasteiger charge is 2.18. The molecule has 1 heterocycles. The standard InChI is InChI=1S/C14H10ClF3N2O/c1-7(10-3-2-8(16)5-12(10)18)20-14(21)11-4-9(17)6-19-13(11)15/h2-7H,1H3,(H,20,21). The van der Waals surface area contributed by atoms with E-state index in [4.69, 9.17) is 11.6 Å². The summed E-state index contributed by atoms with van der Waals surface area (Å²) in [4.78, 5) is 15.5. The third-order valence-corrected chi connectivity index (χ3v) is 3.13. The highest BCUT2D eigenvalue weighted by molar-refractivity contribution is 6.32. The average molecular weight is 315 g/mol. The molecule has 0 saturated heterocycles. The number of nitrogens with one attached hydrogen (secondary N) is 1. The van der Waals surface area contributed by atoms with Crippen LogP contribution in [0.2, 0.25) is 5.15 Å². The molecule has 0 saturated carbocycles. The second-order valence-electron chi connectivity index (χ2n) is 4.35. The van der Waals surface area contributed by atoms with Crippen molar-refractivity contribution in [2.75, 3.05) is 0 Å². The quantitative estimate of drug-likeness (QED) is 0.879. The molecule has 2 aromatic rings. The number of pyridine rings is 1. The molecule has 0 bridgehead atoms. The Morgan fingerprint density at radius 2 is 1.95 bits per heavy atom. The van der Waals surface area contributed by atoms with E-state index in [9.17, 15) is 18.0 Å². The van der Waals surface area contributed by atoms with E-state index in [2.05, 4.69) is 10.3 Å². The Bertz CT molecular complexity index is 694. The van der Waals surface area contributed by atoms with Gasteiger partial charge in [-0.3, -0.25) is 4.79 Å². The fourth-order valence-corrected chi connectivity index (χ4v) is 1.98. The van der Waals surface area contributed by atoms with Crippen LogP contribution in [0, 0.1) is 17.5 Å². The van der Waals surface area contributed by atoms with Gasteiger partial charge in [0.15, 0.2) is 0 Å². The predicted octanol–water partition coefficient (Wildman–Crippen LogP) is 3.64. The molecule has 0 aliphatic heterocycles. The summed E-state index contributed by atoms with van der Waals surface area (Å²) in [5.74, 6) is -2.92. The van der Waals surface area contributed by atoms with E-state index < -0.39 is 29.4 Å². The van der Waals surface area contributed by atoms with Crippen LogP contribution in [-0.2, 0) is 0 Å². The summed E-state index contributed by atoms with van der Waals surface area (Å²) in [6.07, 6.45) is 0.877. The molecule has 1 atom stereocenters. The zero-order chi connectivity index (χ0) is 15.6. The number of amides is 1. The first kappa shape index (κ1) is 15.3. The normalized spacial score (nSPS) is 12.0. The van der Waals surface area contributed by atoms with Crippen molar-refractivity contribution in [2.24, 2.45) is 0 Å². The predicted molar refractivity (Wildman–Crippen MR) is 71.4 cm³/mol. The van der Waals surface area contributed by atoms with Crippen molar-refractivity contribution >= 4 is 17.5 Å². The molecule has 1 aromatic carbocycles. The first-order valence-electron chi connectivity index (χ1n) is 5.95. The average Bonchev–Trinajstić information content (AvgIpc) is 2.41. The van der Waals surface area contributed by atoms with Crippen molar-refractivity contribution in [3.05, 3.63) is 64.2 Å². The highest BCUT2D eigenvalue weighted by Crippen LogP contribution is 2.20.